The smallest absolute Gasteiger partial charge is 0.255 e. The highest BCUT2D eigenvalue weighted by Gasteiger charge is 2.13. The fourth-order valence-corrected chi connectivity index (χ4v) is 2.56. The van der Waals surface area contributed by atoms with Crippen LogP contribution in [0.5, 0.6) is 11.5 Å². The van der Waals surface area contributed by atoms with Gasteiger partial charge >= 0.3 is 0 Å². The molecule has 0 radical (unpaired) electrons. The van der Waals surface area contributed by atoms with Crippen molar-refractivity contribution in [1.29, 1.82) is 0 Å². The van der Waals surface area contributed by atoms with Crippen LogP contribution in [0.1, 0.15) is 11.1 Å². The number of methoxy groups -OCH3 is 1. The molecule has 2 rings (SSSR count). The Hall–Kier alpha value is -2.02. The second-order valence-corrected chi connectivity index (χ2v) is 5.82. The Morgan fingerprint density at radius 2 is 1.92 bits per heavy atom. The summed E-state index contributed by atoms with van der Waals surface area (Å²) in [6.45, 7) is 1.03. The quantitative estimate of drug-likeness (QED) is 0.632. The lowest BCUT2D eigenvalue weighted by molar-refractivity contribution is -0.119. The highest BCUT2D eigenvalue weighted by molar-refractivity contribution is 6.32. The minimum Gasteiger partial charge on any atom is -0.493 e. The lowest BCUT2D eigenvalue weighted by atomic mass is 10.1. The predicted octanol–water partition coefficient (Wildman–Crippen LogP) is 3.11. The summed E-state index contributed by atoms with van der Waals surface area (Å²) in [7, 11) is 1.49. The van der Waals surface area contributed by atoms with Crippen molar-refractivity contribution in [2.45, 2.75) is 13.0 Å². The third kappa shape index (κ3) is 6.71. The SMILES string of the molecule is COc1cc(CNCCc2ccc(F)cc2)cc(Cl)c1OCC(N)=O.Cl. The molecule has 0 aliphatic rings. The van der Waals surface area contributed by atoms with Gasteiger partial charge in [0.1, 0.15) is 5.82 Å². The van der Waals surface area contributed by atoms with E-state index in [1.165, 1.54) is 19.2 Å². The Kier molecular flexibility index (Phi) is 9.19. The summed E-state index contributed by atoms with van der Waals surface area (Å²) in [4.78, 5) is 10.8. The molecular weight excluding hydrogens is 382 g/mol. The summed E-state index contributed by atoms with van der Waals surface area (Å²) >= 11 is 6.20. The van der Waals surface area contributed by atoms with Crippen molar-refractivity contribution >= 4 is 29.9 Å². The molecule has 0 saturated carbocycles. The summed E-state index contributed by atoms with van der Waals surface area (Å²) in [5.74, 6) is -0.108. The number of nitrogens with one attached hydrogen (secondary N) is 1. The number of rotatable bonds is 9. The number of hydrogen-bond acceptors (Lipinski definition) is 4. The average Bonchev–Trinajstić information content (AvgIpc) is 2.58. The van der Waals surface area contributed by atoms with Crippen molar-refractivity contribution < 1.29 is 18.7 Å². The van der Waals surface area contributed by atoms with Gasteiger partial charge in [-0.25, -0.2) is 4.39 Å². The van der Waals surface area contributed by atoms with Crippen LogP contribution in [-0.4, -0.2) is 26.2 Å². The van der Waals surface area contributed by atoms with Crippen LogP contribution < -0.4 is 20.5 Å². The van der Waals surface area contributed by atoms with Crippen molar-refractivity contribution in [1.82, 2.24) is 5.32 Å². The van der Waals surface area contributed by atoms with E-state index in [1.807, 2.05) is 0 Å². The van der Waals surface area contributed by atoms with E-state index in [2.05, 4.69) is 5.32 Å². The zero-order valence-corrected chi connectivity index (χ0v) is 15.8. The van der Waals surface area contributed by atoms with E-state index in [9.17, 15) is 9.18 Å². The van der Waals surface area contributed by atoms with E-state index in [0.717, 1.165) is 24.1 Å². The van der Waals surface area contributed by atoms with Crippen molar-refractivity contribution in [2.24, 2.45) is 5.73 Å². The van der Waals surface area contributed by atoms with Gasteiger partial charge in [-0.3, -0.25) is 4.79 Å². The van der Waals surface area contributed by atoms with Gasteiger partial charge in [0.05, 0.1) is 12.1 Å². The third-order valence-corrected chi connectivity index (χ3v) is 3.76. The normalized spacial score (nSPS) is 10.1. The van der Waals surface area contributed by atoms with Gasteiger partial charge in [-0.15, -0.1) is 12.4 Å². The molecule has 0 heterocycles. The zero-order valence-electron chi connectivity index (χ0n) is 14.3. The molecular formula is C18H21Cl2FN2O3. The van der Waals surface area contributed by atoms with Crippen LogP contribution in [0.25, 0.3) is 0 Å². The molecule has 2 aromatic rings. The zero-order chi connectivity index (χ0) is 18.2. The van der Waals surface area contributed by atoms with Gasteiger partial charge in [0, 0.05) is 6.54 Å². The fourth-order valence-electron chi connectivity index (χ4n) is 2.28. The number of benzene rings is 2. The fraction of sp³-hybridized carbons (Fsp3) is 0.278. The number of amides is 1. The minimum atomic E-state index is -0.593. The number of primary amides is 1. The molecule has 26 heavy (non-hydrogen) atoms. The van der Waals surface area contributed by atoms with Crippen molar-refractivity contribution in [3.05, 3.63) is 58.4 Å². The van der Waals surface area contributed by atoms with Crippen LogP contribution in [0.15, 0.2) is 36.4 Å². The highest BCUT2D eigenvalue weighted by Crippen LogP contribution is 2.36. The van der Waals surface area contributed by atoms with Crippen LogP contribution in [0.4, 0.5) is 4.39 Å². The van der Waals surface area contributed by atoms with Gasteiger partial charge in [-0.2, -0.15) is 0 Å². The summed E-state index contributed by atoms with van der Waals surface area (Å²) in [6, 6.07) is 9.96. The molecule has 0 spiro atoms. The van der Waals surface area contributed by atoms with Gasteiger partial charge in [0.25, 0.3) is 5.91 Å². The van der Waals surface area contributed by atoms with Gasteiger partial charge < -0.3 is 20.5 Å². The molecule has 0 aliphatic heterocycles. The maximum Gasteiger partial charge on any atom is 0.255 e. The van der Waals surface area contributed by atoms with Gasteiger partial charge in [0.15, 0.2) is 18.1 Å². The van der Waals surface area contributed by atoms with Gasteiger partial charge in [-0.05, 0) is 48.4 Å². The second kappa shape index (κ2) is 10.9. The average molecular weight is 403 g/mol. The predicted molar refractivity (Wildman–Crippen MR) is 102 cm³/mol. The lowest BCUT2D eigenvalue weighted by Crippen LogP contribution is -2.20. The maximum atomic E-state index is 12.9. The molecule has 142 valence electrons. The highest BCUT2D eigenvalue weighted by atomic mass is 35.5. The van der Waals surface area contributed by atoms with Crippen molar-refractivity contribution in [3.63, 3.8) is 0 Å². The molecule has 0 aliphatic carbocycles. The third-order valence-electron chi connectivity index (χ3n) is 3.48. The van der Waals surface area contributed by atoms with E-state index in [0.29, 0.717) is 17.3 Å². The van der Waals surface area contributed by atoms with Crippen LogP contribution in [0.3, 0.4) is 0 Å². The molecule has 0 saturated heterocycles. The Morgan fingerprint density at radius 1 is 1.23 bits per heavy atom. The van der Waals surface area contributed by atoms with Crippen LogP contribution in [0, 0.1) is 5.82 Å². The number of carbonyl (C=O) groups is 1. The maximum absolute atomic E-state index is 12.9. The summed E-state index contributed by atoms with van der Waals surface area (Å²) in [6.07, 6.45) is 0.783. The van der Waals surface area contributed by atoms with Crippen LogP contribution in [0.2, 0.25) is 5.02 Å². The molecule has 1 amide bonds. The van der Waals surface area contributed by atoms with E-state index in [1.54, 1.807) is 24.3 Å². The second-order valence-electron chi connectivity index (χ2n) is 5.42. The first-order valence-corrected chi connectivity index (χ1v) is 8.10. The summed E-state index contributed by atoms with van der Waals surface area (Å²) in [5, 5.41) is 3.63. The standard InChI is InChI=1S/C18H20ClFN2O3.ClH/c1-24-16-9-13(8-15(19)18(16)25-11-17(21)23)10-22-7-6-12-2-4-14(20)5-3-12;/h2-5,8-9,22H,6-7,10-11H2,1H3,(H2,21,23);1H. The Bertz CT molecular complexity index is 727. The van der Waals surface area contributed by atoms with Gasteiger partial charge in [-0.1, -0.05) is 23.7 Å². The monoisotopic (exact) mass is 402 g/mol. The molecule has 0 aromatic heterocycles. The van der Waals surface area contributed by atoms with E-state index in [-0.39, 0.29) is 30.6 Å². The molecule has 0 unspecified atom stereocenters. The number of nitrogens with two attached hydrogens (primary N) is 1. The van der Waals surface area contributed by atoms with Crippen molar-refractivity contribution in [3.8, 4) is 11.5 Å². The number of ether oxygens (including phenoxy) is 2. The molecule has 5 nitrogen and oxygen atoms in total. The molecule has 8 heteroatoms. The first kappa shape index (κ1) is 22.0. The topological polar surface area (TPSA) is 73.6 Å². The Labute approximate surface area is 163 Å². The molecule has 2 aromatic carbocycles. The number of halogens is 3. The van der Waals surface area contributed by atoms with E-state index < -0.39 is 5.91 Å². The van der Waals surface area contributed by atoms with E-state index >= 15 is 0 Å². The lowest BCUT2D eigenvalue weighted by Gasteiger charge is -2.14. The molecule has 3 N–H and O–H groups in total. The van der Waals surface area contributed by atoms with Gasteiger partial charge in [0.2, 0.25) is 0 Å². The number of carbonyl (C=O) groups excluding carboxylic acids is 1. The Morgan fingerprint density at radius 3 is 2.54 bits per heavy atom. The molecule has 0 atom stereocenters. The molecule has 0 bridgehead atoms. The summed E-state index contributed by atoms with van der Waals surface area (Å²) in [5.41, 5.74) is 7.04. The van der Waals surface area contributed by atoms with Crippen LogP contribution >= 0.6 is 24.0 Å². The summed E-state index contributed by atoms with van der Waals surface area (Å²) < 4.78 is 23.4. The first-order valence-electron chi connectivity index (χ1n) is 7.72. The first-order chi connectivity index (χ1) is 12.0. The largest absolute Gasteiger partial charge is 0.493 e. The van der Waals surface area contributed by atoms with E-state index in [4.69, 9.17) is 26.8 Å². The number of hydrogen-bond donors (Lipinski definition) is 2. The minimum absolute atomic E-state index is 0. The molecule has 0 fully saturated rings. The van der Waals surface area contributed by atoms with Crippen LogP contribution in [-0.2, 0) is 17.8 Å². The van der Waals surface area contributed by atoms with Crippen molar-refractivity contribution in [2.75, 3.05) is 20.3 Å². The Balaban J connectivity index is 0.00000338.